The number of hydrogen-bond acceptors (Lipinski definition) is 5. The zero-order chi connectivity index (χ0) is 24.5. The van der Waals surface area contributed by atoms with E-state index in [9.17, 15) is 19.2 Å². The van der Waals surface area contributed by atoms with E-state index in [0.717, 1.165) is 5.56 Å². The Hall–Kier alpha value is -2.70. The fourth-order valence-corrected chi connectivity index (χ4v) is 4.02. The van der Waals surface area contributed by atoms with E-state index in [1.807, 2.05) is 58.0 Å². The van der Waals surface area contributed by atoms with Gasteiger partial charge in [0.1, 0.15) is 24.5 Å². The minimum absolute atomic E-state index is 0.137. The minimum Gasteiger partial charge on any atom is -0.459 e. The molecule has 7 heteroatoms. The number of amides is 2. The average Bonchev–Trinajstić information content (AvgIpc) is 3.25. The lowest BCUT2D eigenvalue weighted by Crippen LogP contribution is -2.53. The summed E-state index contributed by atoms with van der Waals surface area (Å²) in [6.45, 7) is 9.97. The van der Waals surface area contributed by atoms with Gasteiger partial charge in [-0.25, -0.2) is 4.79 Å². The van der Waals surface area contributed by atoms with Gasteiger partial charge in [-0.3, -0.25) is 14.4 Å². The van der Waals surface area contributed by atoms with Crippen molar-refractivity contribution in [1.29, 1.82) is 0 Å². The molecule has 1 aliphatic heterocycles. The molecule has 33 heavy (non-hydrogen) atoms. The number of ether oxygens (including phenoxy) is 1. The zero-order valence-corrected chi connectivity index (χ0v) is 20.5. The highest BCUT2D eigenvalue weighted by Gasteiger charge is 2.39. The van der Waals surface area contributed by atoms with Crippen LogP contribution in [0.25, 0.3) is 0 Å². The number of nitrogens with zero attached hydrogens (tertiary/aromatic N) is 1. The van der Waals surface area contributed by atoms with Gasteiger partial charge in [-0.2, -0.15) is 0 Å². The summed E-state index contributed by atoms with van der Waals surface area (Å²) in [5, 5.41) is 2.79. The molecule has 1 aliphatic rings. The summed E-state index contributed by atoms with van der Waals surface area (Å²) in [6, 6.07) is 7.95. The van der Waals surface area contributed by atoms with E-state index >= 15 is 0 Å². The third-order valence-corrected chi connectivity index (χ3v) is 5.84. The normalized spacial score (nSPS) is 17.7. The van der Waals surface area contributed by atoms with Gasteiger partial charge in [-0.05, 0) is 43.6 Å². The van der Waals surface area contributed by atoms with Gasteiger partial charge >= 0.3 is 5.97 Å². The Kier molecular flexibility index (Phi) is 10.1. The van der Waals surface area contributed by atoms with Gasteiger partial charge < -0.3 is 15.0 Å². The summed E-state index contributed by atoms with van der Waals surface area (Å²) >= 11 is 0. The summed E-state index contributed by atoms with van der Waals surface area (Å²) in [5.41, 5.74) is 0.881. The molecule has 0 aromatic heterocycles. The van der Waals surface area contributed by atoms with E-state index < -0.39 is 29.9 Å². The number of nitrogens with one attached hydrogen (secondary N) is 1. The first-order valence-corrected chi connectivity index (χ1v) is 11.9. The molecule has 7 nitrogen and oxygen atoms in total. The molecule has 0 saturated carbocycles. The molecule has 3 unspecified atom stereocenters. The Bertz CT molecular complexity index is 821. The van der Waals surface area contributed by atoms with E-state index in [2.05, 4.69) is 5.32 Å². The van der Waals surface area contributed by atoms with Crippen LogP contribution in [0, 0.1) is 17.8 Å². The smallest absolute Gasteiger partial charge is 0.329 e. The van der Waals surface area contributed by atoms with Crippen molar-refractivity contribution in [2.75, 3.05) is 6.54 Å². The molecule has 1 fully saturated rings. The van der Waals surface area contributed by atoms with E-state index in [-0.39, 0.29) is 30.1 Å². The van der Waals surface area contributed by atoms with Crippen molar-refractivity contribution < 1.29 is 23.9 Å². The largest absolute Gasteiger partial charge is 0.459 e. The monoisotopic (exact) mass is 458 g/mol. The van der Waals surface area contributed by atoms with Gasteiger partial charge in [-0.1, -0.05) is 58.0 Å². The second kappa shape index (κ2) is 12.5. The molecule has 0 aliphatic carbocycles. The van der Waals surface area contributed by atoms with Crippen LogP contribution >= 0.6 is 0 Å². The van der Waals surface area contributed by atoms with E-state index in [1.54, 1.807) is 6.92 Å². The van der Waals surface area contributed by atoms with E-state index in [1.165, 1.54) is 4.90 Å². The van der Waals surface area contributed by atoms with Crippen LogP contribution in [0.4, 0.5) is 0 Å². The maximum Gasteiger partial charge on any atom is 0.329 e. The second-order valence-corrected chi connectivity index (χ2v) is 9.76. The Balaban J connectivity index is 2.05. The summed E-state index contributed by atoms with van der Waals surface area (Å²) < 4.78 is 5.48. The predicted molar refractivity (Wildman–Crippen MR) is 126 cm³/mol. The average molecular weight is 459 g/mol. The van der Waals surface area contributed by atoms with Crippen LogP contribution in [0.15, 0.2) is 30.3 Å². The van der Waals surface area contributed by atoms with E-state index in [0.29, 0.717) is 32.2 Å². The zero-order valence-electron chi connectivity index (χ0n) is 20.5. The third kappa shape index (κ3) is 7.98. The molecule has 1 heterocycles. The first-order chi connectivity index (χ1) is 15.6. The first-order valence-electron chi connectivity index (χ1n) is 11.9. The maximum absolute atomic E-state index is 13.4. The molecule has 1 aromatic carbocycles. The van der Waals surface area contributed by atoms with Gasteiger partial charge in [0.15, 0.2) is 0 Å². The van der Waals surface area contributed by atoms with Gasteiger partial charge in [-0.15, -0.1) is 0 Å². The first kappa shape index (κ1) is 26.6. The molecule has 0 bridgehead atoms. The second-order valence-electron chi connectivity index (χ2n) is 9.76. The van der Waals surface area contributed by atoms with Crippen LogP contribution in [0.2, 0.25) is 0 Å². The van der Waals surface area contributed by atoms with Gasteiger partial charge in [0.25, 0.3) is 0 Å². The van der Waals surface area contributed by atoms with Crippen molar-refractivity contribution in [2.45, 2.75) is 79.0 Å². The summed E-state index contributed by atoms with van der Waals surface area (Å²) in [7, 11) is 0. The SMILES string of the molecule is CC(C)CC(=O)C(C)C(=O)NC(CC(C)C)C(=O)N1CCCC1C(=O)OCc1ccccc1. The van der Waals surface area contributed by atoms with Gasteiger partial charge in [0, 0.05) is 13.0 Å². The van der Waals surface area contributed by atoms with Crippen LogP contribution in [-0.4, -0.2) is 47.1 Å². The Labute approximate surface area is 197 Å². The van der Waals surface area contributed by atoms with Crippen molar-refractivity contribution in [1.82, 2.24) is 10.2 Å². The standard InChI is InChI=1S/C26H38N2O5/c1-17(2)14-21(27-24(30)19(5)23(29)15-18(3)4)25(31)28-13-9-12-22(28)26(32)33-16-20-10-7-6-8-11-20/h6-8,10-11,17-19,21-22H,9,12-16H2,1-5H3,(H,27,30). The molecule has 1 N–H and O–H groups in total. The predicted octanol–water partition coefficient (Wildman–Crippen LogP) is 3.50. The van der Waals surface area contributed by atoms with Crippen molar-refractivity contribution >= 4 is 23.6 Å². The number of hydrogen-bond donors (Lipinski definition) is 1. The highest BCUT2D eigenvalue weighted by molar-refractivity contribution is 6.02. The van der Waals surface area contributed by atoms with Crippen LogP contribution in [0.1, 0.15) is 65.9 Å². The number of benzene rings is 1. The lowest BCUT2D eigenvalue weighted by molar-refractivity contribution is -0.155. The number of esters is 1. The summed E-state index contributed by atoms with van der Waals surface area (Å²) in [5.74, 6) is -1.82. The lowest BCUT2D eigenvalue weighted by atomic mass is 9.96. The number of Topliss-reactive ketones (excluding diaryl/α,β-unsaturated/α-hetero) is 1. The van der Waals surface area contributed by atoms with Crippen molar-refractivity contribution in [3.05, 3.63) is 35.9 Å². The van der Waals surface area contributed by atoms with Crippen LogP contribution < -0.4 is 5.32 Å². The molecule has 3 atom stereocenters. The fourth-order valence-electron chi connectivity index (χ4n) is 4.02. The molecular weight excluding hydrogens is 420 g/mol. The maximum atomic E-state index is 13.4. The molecule has 2 amide bonds. The molecule has 0 spiro atoms. The number of carbonyl (C=O) groups excluding carboxylic acids is 4. The van der Waals surface area contributed by atoms with Crippen molar-refractivity contribution in [3.63, 3.8) is 0 Å². The Morgan fingerprint density at radius 2 is 1.70 bits per heavy atom. The summed E-state index contributed by atoms with van der Waals surface area (Å²) in [4.78, 5) is 52.8. The fraction of sp³-hybridized carbons (Fsp3) is 0.615. The molecule has 1 saturated heterocycles. The van der Waals surface area contributed by atoms with E-state index in [4.69, 9.17) is 4.74 Å². The number of likely N-dealkylation sites (tertiary alicyclic amines) is 1. The highest BCUT2D eigenvalue weighted by Crippen LogP contribution is 2.22. The number of carbonyl (C=O) groups is 4. The van der Waals surface area contributed by atoms with Crippen LogP contribution in [-0.2, 0) is 30.5 Å². The molecule has 1 aromatic rings. The van der Waals surface area contributed by atoms with Gasteiger partial charge in [0.2, 0.25) is 11.8 Å². The molecule has 0 radical (unpaired) electrons. The van der Waals surface area contributed by atoms with Gasteiger partial charge in [0.05, 0.1) is 5.92 Å². The number of rotatable bonds is 11. The van der Waals surface area contributed by atoms with Crippen LogP contribution in [0.3, 0.4) is 0 Å². The molecular formula is C26H38N2O5. The third-order valence-electron chi connectivity index (χ3n) is 5.84. The topological polar surface area (TPSA) is 92.8 Å². The molecule has 2 rings (SSSR count). The lowest BCUT2D eigenvalue weighted by Gasteiger charge is -2.29. The number of ketones is 1. The van der Waals surface area contributed by atoms with Crippen molar-refractivity contribution in [3.8, 4) is 0 Å². The minimum atomic E-state index is -0.819. The Morgan fingerprint density at radius 3 is 2.30 bits per heavy atom. The summed E-state index contributed by atoms with van der Waals surface area (Å²) in [6.07, 6.45) is 1.98. The highest BCUT2D eigenvalue weighted by atomic mass is 16.5. The molecule has 182 valence electrons. The van der Waals surface area contributed by atoms with Crippen molar-refractivity contribution in [2.24, 2.45) is 17.8 Å². The van der Waals surface area contributed by atoms with Crippen LogP contribution in [0.5, 0.6) is 0 Å². The quantitative estimate of drug-likeness (QED) is 0.405. The Morgan fingerprint density at radius 1 is 1.03 bits per heavy atom.